The summed E-state index contributed by atoms with van der Waals surface area (Å²) in [5.41, 5.74) is 2.20. The molecule has 6 aromatic rings. The lowest BCUT2D eigenvalue weighted by atomic mass is 10.2. The quantitative estimate of drug-likeness (QED) is 0.139. The number of hydrogen-bond acceptors (Lipinski definition) is 12. The summed E-state index contributed by atoms with van der Waals surface area (Å²) in [7, 11) is 0. The molecule has 0 saturated carbocycles. The summed E-state index contributed by atoms with van der Waals surface area (Å²) in [5.74, 6) is 1.59. The van der Waals surface area contributed by atoms with Gasteiger partial charge in [-0.15, -0.1) is 10.2 Å². The normalized spacial score (nSPS) is 10.3. The number of hydrogen-bond donors (Lipinski definition) is 5. The minimum Gasteiger partial charge on any atom is -0.354 e. The van der Waals surface area contributed by atoms with E-state index in [2.05, 4.69) is 71.2 Å². The van der Waals surface area contributed by atoms with Crippen LogP contribution < -0.4 is 16.0 Å². The maximum Gasteiger partial charge on any atom is 0.249 e. The molecule has 0 atom stereocenters. The molecule has 6 heterocycles. The van der Waals surface area contributed by atoms with Crippen molar-refractivity contribution in [2.24, 2.45) is 0 Å². The number of aryl methyl sites for hydroxylation is 1. The Hall–Kier alpha value is -6.45. The van der Waals surface area contributed by atoms with Crippen molar-refractivity contribution in [1.82, 2.24) is 55.3 Å². The van der Waals surface area contributed by atoms with E-state index in [1.165, 1.54) is 0 Å². The molecule has 0 aliphatic rings. The van der Waals surface area contributed by atoms with Crippen LogP contribution >= 0.6 is 0 Å². The van der Waals surface area contributed by atoms with Crippen molar-refractivity contribution in [3.63, 3.8) is 0 Å². The number of carbonyl (C=O) groups is 2. The Morgan fingerprint density at radius 2 is 1.13 bits per heavy atom. The Morgan fingerprint density at radius 3 is 1.67 bits per heavy atom. The number of aromatic nitrogens is 11. The van der Waals surface area contributed by atoms with E-state index in [1.54, 1.807) is 43.1 Å². The van der Waals surface area contributed by atoms with E-state index in [4.69, 9.17) is 0 Å². The summed E-state index contributed by atoms with van der Waals surface area (Å²) in [5, 5.41) is 21.6. The second-order valence-electron chi connectivity index (χ2n) is 9.11. The van der Waals surface area contributed by atoms with Crippen LogP contribution in [0.3, 0.4) is 0 Å². The number of H-pyrrole nitrogens is 2. The highest BCUT2D eigenvalue weighted by molar-refractivity contribution is 5.89. The van der Waals surface area contributed by atoms with Crippen LogP contribution in [0.5, 0.6) is 0 Å². The number of anilines is 3. The van der Waals surface area contributed by atoms with E-state index < -0.39 is 0 Å². The van der Waals surface area contributed by atoms with Crippen LogP contribution in [-0.2, 0) is 16.0 Å². The molecular formula is C29H38N14O2. The Bertz CT molecular complexity index is 1790. The van der Waals surface area contributed by atoms with Crippen molar-refractivity contribution in [1.29, 1.82) is 0 Å². The van der Waals surface area contributed by atoms with Crippen molar-refractivity contribution in [2.75, 3.05) is 22.5 Å². The fourth-order valence-electron chi connectivity index (χ4n) is 3.71. The van der Waals surface area contributed by atoms with Gasteiger partial charge in [0.05, 0.1) is 0 Å². The first kappa shape index (κ1) is 30.0. The lowest BCUT2D eigenvalue weighted by Crippen LogP contribution is -2.17. The Morgan fingerprint density at radius 1 is 0.600 bits per heavy atom. The first-order chi connectivity index (χ1) is 22.1. The number of aromatic amines is 2. The molecule has 6 rings (SSSR count). The first-order valence-corrected chi connectivity index (χ1v) is 13.8. The summed E-state index contributed by atoms with van der Waals surface area (Å²) in [6.07, 6.45) is 9.43. The van der Waals surface area contributed by atoms with Gasteiger partial charge in [-0.2, -0.15) is 9.97 Å². The highest BCUT2D eigenvalue weighted by Crippen LogP contribution is 2.13. The maximum atomic E-state index is 11.9. The Balaban J connectivity index is 0.000000874. The average molecular weight is 615 g/mol. The van der Waals surface area contributed by atoms with Crippen LogP contribution in [-0.4, -0.2) is 73.6 Å². The highest BCUT2D eigenvalue weighted by atomic mass is 16.2. The van der Waals surface area contributed by atoms with Gasteiger partial charge in [0.1, 0.15) is 11.4 Å². The molecule has 0 bridgehead atoms. The fraction of sp³-hybridized carbons (Fsp3) is 0.138. The molecule has 0 aromatic carbocycles. The van der Waals surface area contributed by atoms with Gasteiger partial charge in [0, 0.05) is 63.2 Å². The summed E-state index contributed by atoms with van der Waals surface area (Å²) in [6, 6.07) is 18.3. The Labute approximate surface area is 264 Å². The third kappa shape index (κ3) is 9.53. The molecule has 0 aliphatic heterocycles. The van der Waals surface area contributed by atoms with Crippen LogP contribution in [0.25, 0.3) is 23.0 Å². The molecule has 0 fully saturated rings. The van der Waals surface area contributed by atoms with Gasteiger partial charge in [0.2, 0.25) is 29.7 Å². The predicted octanol–water partition coefficient (Wildman–Crippen LogP) is 4.16. The van der Waals surface area contributed by atoms with E-state index >= 15 is 0 Å². The minimum atomic E-state index is -0.208. The lowest BCUT2D eigenvalue weighted by Gasteiger charge is -2.03. The molecule has 0 aliphatic carbocycles. The van der Waals surface area contributed by atoms with E-state index in [0.29, 0.717) is 48.4 Å². The van der Waals surface area contributed by atoms with E-state index in [0.717, 1.165) is 5.69 Å². The Kier molecular flexibility index (Phi) is 10.5. The van der Waals surface area contributed by atoms with Gasteiger partial charge in [-0.3, -0.25) is 45.4 Å². The van der Waals surface area contributed by atoms with Crippen molar-refractivity contribution in [3.05, 3.63) is 97.3 Å². The second kappa shape index (κ2) is 15.7. The van der Waals surface area contributed by atoms with Gasteiger partial charge in [0.25, 0.3) is 0 Å². The van der Waals surface area contributed by atoms with Gasteiger partial charge in [-0.1, -0.05) is 18.2 Å². The topological polar surface area (TPSA) is 218 Å². The monoisotopic (exact) mass is 614 g/mol. The van der Waals surface area contributed by atoms with Gasteiger partial charge < -0.3 is 5.32 Å². The summed E-state index contributed by atoms with van der Waals surface area (Å²) >= 11 is 0. The third-order valence-corrected chi connectivity index (χ3v) is 5.82. The minimum absolute atomic E-state index is 0. The largest absolute Gasteiger partial charge is 0.354 e. The number of pyridine rings is 3. The van der Waals surface area contributed by atoms with E-state index in [1.807, 2.05) is 48.5 Å². The molecule has 236 valence electrons. The maximum absolute atomic E-state index is 11.9. The molecule has 0 unspecified atom stereocenters. The molecule has 0 spiro atoms. The third-order valence-electron chi connectivity index (χ3n) is 5.82. The van der Waals surface area contributed by atoms with Crippen molar-refractivity contribution in [2.45, 2.75) is 19.3 Å². The molecule has 16 heteroatoms. The lowest BCUT2D eigenvalue weighted by molar-refractivity contribution is -0.116. The zero-order valence-electron chi connectivity index (χ0n) is 23.8. The molecule has 0 radical (unpaired) electrons. The number of nitrogens with zero attached hydrogens (tertiary/aromatic N) is 9. The van der Waals surface area contributed by atoms with Crippen LogP contribution in [0.2, 0.25) is 0 Å². The smallest absolute Gasteiger partial charge is 0.249 e. The number of rotatable bonds is 11. The molecule has 2 amide bonds. The van der Waals surface area contributed by atoms with E-state index in [9.17, 15) is 9.59 Å². The summed E-state index contributed by atoms with van der Waals surface area (Å²) in [4.78, 5) is 52.6. The molecular weight excluding hydrogens is 576 g/mol. The van der Waals surface area contributed by atoms with Crippen LogP contribution in [0.1, 0.15) is 25.7 Å². The van der Waals surface area contributed by atoms with Gasteiger partial charge in [0.15, 0.2) is 11.6 Å². The number of nitrogens with one attached hydrogen (secondary N) is 5. The van der Waals surface area contributed by atoms with Crippen molar-refractivity contribution in [3.8, 4) is 23.0 Å². The van der Waals surface area contributed by atoms with Crippen LogP contribution in [0.15, 0.2) is 91.6 Å². The molecule has 6 aromatic heterocycles. The predicted molar refractivity (Wildman–Crippen MR) is 175 cm³/mol. The highest BCUT2D eigenvalue weighted by Gasteiger charge is 2.11. The second-order valence-corrected chi connectivity index (χ2v) is 9.11. The summed E-state index contributed by atoms with van der Waals surface area (Å²) in [6.45, 7) is 0.410. The molecule has 45 heavy (non-hydrogen) atoms. The van der Waals surface area contributed by atoms with Crippen molar-refractivity contribution < 1.29 is 16.7 Å². The zero-order valence-corrected chi connectivity index (χ0v) is 23.8. The van der Waals surface area contributed by atoms with Gasteiger partial charge in [-0.25, -0.2) is 9.97 Å². The number of amides is 2. The van der Waals surface area contributed by atoms with E-state index in [-0.39, 0.29) is 37.3 Å². The summed E-state index contributed by atoms with van der Waals surface area (Å²) < 4.78 is 0. The van der Waals surface area contributed by atoms with Crippen LogP contribution in [0, 0.1) is 0 Å². The standard InChI is InChI=1S/C15H14N6O.C14H14N8O.5H2/c22-13(8-7-11-5-1-3-9-16-11)18-15-19-14(20-21-15)12-6-2-4-10-17-12;23-11(5-9-18-13-16-7-3-8-17-13)19-14-20-12(21-22-14)10-4-1-2-6-15-10;;;;;/h1-6,9-10H,7-8H2,(H2,18,19,20,21,22);1-4,6-8H,5,9H2,(H,16,17,18)(H2,19,20,21,22,23);5*1H. The first-order valence-electron chi connectivity index (χ1n) is 13.8. The molecule has 0 saturated heterocycles. The SMILES string of the molecule is O=C(CCNc1ncccn1)Nc1n[nH]c(-c2ccccn2)n1.O=C(CCc1ccccn1)Nc1n[nH]c(-c2ccccn2)n1.[HH].[HH].[HH].[HH].[HH]. The number of carbonyl (C=O) groups excluding carboxylic acids is 2. The fourth-order valence-corrected chi connectivity index (χ4v) is 3.71. The molecule has 5 N–H and O–H groups in total. The van der Waals surface area contributed by atoms with Crippen molar-refractivity contribution >= 4 is 29.7 Å². The average Bonchev–Trinajstić information content (AvgIpc) is 3.76. The zero-order chi connectivity index (χ0) is 31.1. The van der Waals surface area contributed by atoms with Gasteiger partial charge in [-0.05, 0) is 48.9 Å². The molecule has 16 nitrogen and oxygen atoms in total. The van der Waals surface area contributed by atoms with Gasteiger partial charge >= 0.3 is 0 Å². The van der Waals surface area contributed by atoms with Crippen LogP contribution in [0.4, 0.5) is 17.8 Å².